The van der Waals surface area contributed by atoms with Crippen LogP contribution in [-0.4, -0.2) is 10.1 Å². The normalized spacial score (nSPS) is 10.8. The summed E-state index contributed by atoms with van der Waals surface area (Å²) >= 11 is 0. The Kier molecular flexibility index (Phi) is 2.58. The number of benzene rings is 1. The van der Waals surface area contributed by atoms with Crippen molar-refractivity contribution in [1.82, 2.24) is 4.98 Å². The van der Waals surface area contributed by atoms with E-state index >= 15 is 0 Å². The Balaban J connectivity index is 2.72. The topological polar surface area (TPSA) is 33.1 Å². The lowest BCUT2D eigenvalue weighted by Gasteiger charge is -2.06. The van der Waals surface area contributed by atoms with Crippen molar-refractivity contribution in [2.45, 2.75) is 26.7 Å². The van der Waals surface area contributed by atoms with Gasteiger partial charge in [0.1, 0.15) is 11.3 Å². The first-order valence-corrected chi connectivity index (χ1v) is 5.36. The average Bonchev–Trinajstić information content (AvgIpc) is 2.29. The summed E-state index contributed by atoms with van der Waals surface area (Å²) in [6, 6.07) is 8.00. The van der Waals surface area contributed by atoms with Crippen LogP contribution in [0.3, 0.4) is 0 Å². The van der Waals surface area contributed by atoms with Gasteiger partial charge in [-0.25, -0.2) is 4.98 Å². The SMILES string of the molecule is CCc1ccc2ccc(CC)c(O)c2n1. The number of phenolic OH excluding ortho intramolecular Hbond substituents is 1. The number of nitrogens with zero attached hydrogens (tertiary/aromatic N) is 1. The number of aromatic hydroxyl groups is 1. The van der Waals surface area contributed by atoms with Crippen LogP contribution < -0.4 is 0 Å². The Hall–Kier alpha value is -1.57. The number of hydrogen-bond acceptors (Lipinski definition) is 2. The van der Waals surface area contributed by atoms with Gasteiger partial charge in [0.2, 0.25) is 0 Å². The van der Waals surface area contributed by atoms with E-state index in [1.165, 1.54) is 0 Å². The second kappa shape index (κ2) is 3.89. The number of fused-ring (bicyclic) bond motifs is 1. The molecule has 1 heterocycles. The molecule has 2 aromatic rings. The molecule has 0 bridgehead atoms. The highest BCUT2D eigenvalue weighted by Crippen LogP contribution is 2.27. The van der Waals surface area contributed by atoms with Crippen LogP contribution in [0.4, 0.5) is 0 Å². The number of phenols is 1. The first-order valence-electron chi connectivity index (χ1n) is 5.36. The Morgan fingerprint density at radius 2 is 1.80 bits per heavy atom. The van der Waals surface area contributed by atoms with E-state index in [1.54, 1.807) is 0 Å². The quantitative estimate of drug-likeness (QED) is 0.810. The highest BCUT2D eigenvalue weighted by Gasteiger charge is 2.06. The summed E-state index contributed by atoms with van der Waals surface area (Å²) in [7, 11) is 0. The lowest BCUT2D eigenvalue weighted by atomic mass is 10.1. The molecule has 0 fully saturated rings. The zero-order chi connectivity index (χ0) is 10.8. The van der Waals surface area contributed by atoms with Gasteiger partial charge >= 0.3 is 0 Å². The molecule has 15 heavy (non-hydrogen) atoms. The third-order valence-electron chi connectivity index (χ3n) is 2.72. The minimum atomic E-state index is 0.338. The van der Waals surface area contributed by atoms with E-state index in [-0.39, 0.29) is 0 Å². The molecule has 0 spiro atoms. The molecule has 0 unspecified atom stereocenters. The highest BCUT2D eigenvalue weighted by molar-refractivity contribution is 5.85. The van der Waals surface area contributed by atoms with Crippen LogP contribution in [0, 0.1) is 0 Å². The molecule has 2 rings (SSSR count). The van der Waals surface area contributed by atoms with Crippen LogP contribution in [0.15, 0.2) is 24.3 Å². The molecule has 2 nitrogen and oxygen atoms in total. The first kappa shape index (κ1) is 9.97. The molecule has 0 aliphatic heterocycles. The molecule has 1 aromatic carbocycles. The van der Waals surface area contributed by atoms with Gasteiger partial charge in [0.15, 0.2) is 0 Å². The number of aryl methyl sites for hydroxylation is 2. The van der Waals surface area contributed by atoms with E-state index < -0.39 is 0 Å². The number of rotatable bonds is 2. The minimum Gasteiger partial charge on any atom is -0.505 e. The Morgan fingerprint density at radius 1 is 1.07 bits per heavy atom. The summed E-state index contributed by atoms with van der Waals surface area (Å²) in [5.74, 6) is 0.338. The predicted molar refractivity (Wildman–Crippen MR) is 62.2 cm³/mol. The Bertz CT molecular complexity index is 486. The van der Waals surface area contributed by atoms with Gasteiger partial charge in [0, 0.05) is 11.1 Å². The van der Waals surface area contributed by atoms with Crippen LogP contribution in [0.5, 0.6) is 5.75 Å². The van der Waals surface area contributed by atoms with Crippen LogP contribution in [-0.2, 0) is 12.8 Å². The first-order chi connectivity index (χ1) is 7.26. The van der Waals surface area contributed by atoms with Gasteiger partial charge in [0.05, 0.1) is 0 Å². The van der Waals surface area contributed by atoms with Gasteiger partial charge in [-0.15, -0.1) is 0 Å². The molecule has 1 N–H and O–H groups in total. The molecule has 1 aromatic heterocycles. The summed E-state index contributed by atoms with van der Waals surface area (Å²) in [5, 5.41) is 11.0. The van der Waals surface area contributed by atoms with E-state index in [9.17, 15) is 5.11 Å². The summed E-state index contributed by atoms with van der Waals surface area (Å²) in [5.41, 5.74) is 2.71. The molecule has 0 aliphatic rings. The van der Waals surface area contributed by atoms with Crippen molar-refractivity contribution < 1.29 is 5.11 Å². The maximum atomic E-state index is 10.0. The second-order valence-corrected chi connectivity index (χ2v) is 3.65. The van der Waals surface area contributed by atoms with Crippen molar-refractivity contribution in [3.63, 3.8) is 0 Å². The fourth-order valence-electron chi connectivity index (χ4n) is 1.74. The van der Waals surface area contributed by atoms with E-state index in [1.807, 2.05) is 31.2 Å². The molecule has 78 valence electrons. The van der Waals surface area contributed by atoms with Crippen molar-refractivity contribution in [2.24, 2.45) is 0 Å². The van der Waals surface area contributed by atoms with Crippen molar-refractivity contribution >= 4 is 10.9 Å². The Morgan fingerprint density at radius 3 is 2.47 bits per heavy atom. The molecule has 0 saturated carbocycles. The lowest BCUT2D eigenvalue weighted by molar-refractivity contribution is 0.474. The van der Waals surface area contributed by atoms with E-state index in [0.717, 1.165) is 35.0 Å². The van der Waals surface area contributed by atoms with Crippen molar-refractivity contribution in [1.29, 1.82) is 0 Å². The van der Waals surface area contributed by atoms with Crippen LogP contribution >= 0.6 is 0 Å². The summed E-state index contributed by atoms with van der Waals surface area (Å²) in [6.45, 7) is 4.10. The molecule has 0 aliphatic carbocycles. The van der Waals surface area contributed by atoms with Crippen LogP contribution in [0.2, 0.25) is 0 Å². The largest absolute Gasteiger partial charge is 0.505 e. The lowest BCUT2D eigenvalue weighted by Crippen LogP contribution is -1.90. The number of hydrogen-bond donors (Lipinski definition) is 1. The van der Waals surface area contributed by atoms with E-state index in [2.05, 4.69) is 11.9 Å². The fraction of sp³-hybridized carbons (Fsp3) is 0.308. The standard InChI is InChI=1S/C13H15NO/c1-3-9-5-6-10-7-8-11(4-2)14-12(10)13(9)15/h5-8,15H,3-4H2,1-2H3. The van der Waals surface area contributed by atoms with Gasteiger partial charge in [-0.3, -0.25) is 0 Å². The van der Waals surface area contributed by atoms with Crippen molar-refractivity contribution in [3.05, 3.63) is 35.5 Å². The molecule has 0 saturated heterocycles. The van der Waals surface area contributed by atoms with Gasteiger partial charge in [0.25, 0.3) is 0 Å². The minimum absolute atomic E-state index is 0.338. The highest BCUT2D eigenvalue weighted by atomic mass is 16.3. The Labute approximate surface area is 89.6 Å². The van der Waals surface area contributed by atoms with E-state index in [0.29, 0.717) is 5.75 Å². The average molecular weight is 201 g/mol. The zero-order valence-corrected chi connectivity index (χ0v) is 9.12. The third kappa shape index (κ3) is 1.67. The molecule has 0 amide bonds. The van der Waals surface area contributed by atoms with Crippen LogP contribution in [0.1, 0.15) is 25.1 Å². The fourth-order valence-corrected chi connectivity index (χ4v) is 1.74. The summed E-state index contributed by atoms with van der Waals surface area (Å²) in [6.07, 6.45) is 1.73. The third-order valence-corrected chi connectivity index (χ3v) is 2.72. The number of pyridine rings is 1. The zero-order valence-electron chi connectivity index (χ0n) is 9.12. The molecular formula is C13H15NO. The molecule has 0 atom stereocenters. The van der Waals surface area contributed by atoms with Gasteiger partial charge < -0.3 is 5.11 Å². The molecule has 0 radical (unpaired) electrons. The number of aromatic nitrogens is 1. The van der Waals surface area contributed by atoms with Crippen molar-refractivity contribution in [2.75, 3.05) is 0 Å². The van der Waals surface area contributed by atoms with Gasteiger partial charge in [-0.05, 0) is 24.5 Å². The predicted octanol–water partition coefficient (Wildman–Crippen LogP) is 3.07. The van der Waals surface area contributed by atoms with Gasteiger partial charge in [-0.1, -0.05) is 32.0 Å². The van der Waals surface area contributed by atoms with E-state index in [4.69, 9.17) is 0 Å². The summed E-state index contributed by atoms with van der Waals surface area (Å²) < 4.78 is 0. The monoisotopic (exact) mass is 201 g/mol. The summed E-state index contributed by atoms with van der Waals surface area (Å²) in [4.78, 5) is 4.45. The van der Waals surface area contributed by atoms with Gasteiger partial charge in [-0.2, -0.15) is 0 Å². The maximum Gasteiger partial charge on any atom is 0.144 e. The molecular weight excluding hydrogens is 186 g/mol. The second-order valence-electron chi connectivity index (χ2n) is 3.65. The van der Waals surface area contributed by atoms with Crippen molar-refractivity contribution in [3.8, 4) is 5.75 Å². The smallest absolute Gasteiger partial charge is 0.144 e. The maximum absolute atomic E-state index is 10.0. The van der Waals surface area contributed by atoms with Crippen LogP contribution in [0.25, 0.3) is 10.9 Å². The molecule has 2 heteroatoms.